The molecule has 0 aromatic carbocycles. The summed E-state index contributed by atoms with van der Waals surface area (Å²) in [7, 11) is 0. The molecule has 0 aromatic heterocycles. The van der Waals surface area contributed by atoms with Crippen molar-refractivity contribution in [3.8, 4) is 0 Å². The number of hydrogen-bond donors (Lipinski definition) is 5. The van der Waals surface area contributed by atoms with Gasteiger partial charge in [0.15, 0.2) is 0 Å². The van der Waals surface area contributed by atoms with Crippen LogP contribution < -0.4 is 0 Å². The molecule has 0 spiro atoms. The molecule has 12 heavy (non-hydrogen) atoms. The minimum absolute atomic E-state index is 0.673. The van der Waals surface area contributed by atoms with Gasteiger partial charge in [-0.3, -0.25) is 0 Å². The second kappa shape index (κ2) is 5.85. The highest BCUT2D eigenvalue weighted by Gasteiger charge is 2.29. The molecular weight excluding hydrogens is 232 g/mol. The largest absolute Gasteiger partial charge is 0.394 e. The van der Waals surface area contributed by atoms with Gasteiger partial charge in [0.05, 0.1) is 18.0 Å². The molecule has 73 valence electrons. The Bertz CT molecular complexity index is 109. The molecule has 0 aliphatic carbocycles. The summed E-state index contributed by atoms with van der Waals surface area (Å²) in [6.07, 6.45) is -5.84. The fraction of sp³-hybridized carbons (Fsp3) is 0.833. The van der Waals surface area contributed by atoms with Gasteiger partial charge in [0, 0.05) is 0 Å². The van der Waals surface area contributed by atoms with Crippen LogP contribution >= 0.6 is 15.9 Å². The Morgan fingerprint density at radius 3 is 1.92 bits per heavy atom. The lowest BCUT2D eigenvalue weighted by Crippen LogP contribution is -2.45. The Labute approximate surface area is 78.4 Å². The van der Waals surface area contributed by atoms with Crippen LogP contribution in [0.15, 0.2) is 0 Å². The molecule has 0 heterocycles. The molecule has 0 saturated carbocycles. The van der Waals surface area contributed by atoms with E-state index in [9.17, 15) is 0 Å². The van der Waals surface area contributed by atoms with Gasteiger partial charge in [-0.2, -0.15) is 0 Å². The summed E-state index contributed by atoms with van der Waals surface area (Å²) in [5.74, 6) is 0. The van der Waals surface area contributed by atoms with Crippen molar-refractivity contribution in [1.82, 2.24) is 0 Å². The van der Waals surface area contributed by atoms with E-state index in [-0.39, 0.29) is 0 Å². The normalized spacial score (nSPS) is 21.5. The second-order valence-electron chi connectivity index (χ2n) is 2.35. The van der Waals surface area contributed by atoms with Crippen molar-refractivity contribution in [1.29, 1.82) is 0 Å². The van der Waals surface area contributed by atoms with Crippen molar-refractivity contribution < 1.29 is 25.5 Å². The monoisotopic (exact) mass is 243 g/mol. The fourth-order valence-electron chi connectivity index (χ4n) is 0.612. The lowest BCUT2D eigenvalue weighted by Gasteiger charge is -2.24. The van der Waals surface area contributed by atoms with Crippen molar-refractivity contribution in [2.45, 2.75) is 24.4 Å². The third kappa shape index (κ3) is 3.34. The molecule has 5 nitrogen and oxygen atoms in total. The minimum atomic E-state index is -1.57. The van der Waals surface area contributed by atoms with Gasteiger partial charge in [0.1, 0.15) is 18.3 Å². The van der Waals surface area contributed by atoms with Gasteiger partial charge in [-0.05, 0) is 0 Å². The van der Waals surface area contributed by atoms with Crippen molar-refractivity contribution >= 4 is 15.9 Å². The number of rotatable bonds is 5. The molecule has 5 N–H and O–H groups in total. The molecule has 1 radical (unpaired) electrons. The molecule has 0 amide bonds. The average molecular weight is 244 g/mol. The highest BCUT2D eigenvalue weighted by molar-refractivity contribution is 9.10. The summed E-state index contributed by atoms with van der Waals surface area (Å²) in [6, 6.07) is 0. The zero-order chi connectivity index (χ0) is 9.72. The SMILES string of the molecule is OCC(O)C(O)C(O)C(O)[CH]Br. The van der Waals surface area contributed by atoms with Gasteiger partial charge < -0.3 is 25.5 Å². The molecule has 0 aromatic rings. The quantitative estimate of drug-likeness (QED) is 0.384. The van der Waals surface area contributed by atoms with Crippen LogP contribution in [0, 0.1) is 5.33 Å². The molecule has 0 aliphatic heterocycles. The zero-order valence-electron chi connectivity index (χ0n) is 6.21. The molecule has 0 bridgehead atoms. The van der Waals surface area contributed by atoms with Crippen molar-refractivity contribution in [3.63, 3.8) is 0 Å². The van der Waals surface area contributed by atoms with Crippen molar-refractivity contribution in [3.05, 3.63) is 5.33 Å². The first-order valence-electron chi connectivity index (χ1n) is 3.31. The zero-order valence-corrected chi connectivity index (χ0v) is 7.79. The summed E-state index contributed by atoms with van der Waals surface area (Å²) in [6.45, 7) is -0.673. The van der Waals surface area contributed by atoms with Crippen LogP contribution in [-0.4, -0.2) is 56.6 Å². The fourth-order valence-corrected chi connectivity index (χ4v) is 0.925. The first kappa shape index (κ1) is 12.3. The maximum Gasteiger partial charge on any atom is 0.111 e. The van der Waals surface area contributed by atoms with E-state index in [1.165, 1.54) is 0 Å². The second-order valence-corrected chi connectivity index (χ2v) is 2.88. The molecule has 6 heteroatoms. The van der Waals surface area contributed by atoms with E-state index in [0.717, 1.165) is 5.33 Å². The van der Waals surface area contributed by atoms with E-state index in [0.29, 0.717) is 0 Å². The van der Waals surface area contributed by atoms with Gasteiger partial charge in [0.2, 0.25) is 0 Å². The Kier molecular flexibility index (Phi) is 5.98. The van der Waals surface area contributed by atoms with E-state index in [2.05, 4.69) is 15.9 Å². The summed E-state index contributed by atoms with van der Waals surface area (Å²) in [5.41, 5.74) is 0. The summed E-state index contributed by atoms with van der Waals surface area (Å²) in [5, 5.41) is 45.3. The molecule has 4 unspecified atom stereocenters. The molecular formula is C6H12BrO5. The van der Waals surface area contributed by atoms with E-state index < -0.39 is 31.0 Å². The molecule has 4 atom stereocenters. The van der Waals surface area contributed by atoms with Crippen LogP contribution in [0.3, 0.4) is 0 Å². The number of halogens is 1. The predicted molar refractivity (Wildman–Crippen MR) is 44.3 cm³/mol. The third-order valence-electron chi connectivity index (χ3n) is 1.41. The Balaban J connectivity index is 3.99. The Morgan fingerprint density at radius 1 is 1.08 bits per heavy atom. The third-order valence-corrected chi connectivity index (χ3v) is 1.95. The predicted octanol–water partition coefficient (Wildman–Crippen LogP) is -2.02. The van der Waals surface area contributed by atoms with Crippen LogP contribution in [0.25, 0.3) is 0 Å². The Morgan fingerprint density at radius 2 is 1.58 bits per heavy atom. The van der Waals surface area contributed by atoms with E-state index in [1.807, 2.05) is 0 Å². The molecule has 0 rings (SSSR count). The molecule has 0 aliphatic rings. The highest BCUT2D eigenvalue weighted by Crippen LogP contribution is 2.09. The maximum absolute atomic E-state index is 9.06. The van der Waals surface area contributed by atoms with Gasteiger partial charge in [-0.1, -0.05) is 15.9 Å². The summed E-state index contributed by atoms with van der Waals surface area (Å²) < 4.78 is 0. The summed E-state index contributed by atoms with van der Waals surface area (Å²) >= 11 is 2.76. The van der Waals surface area contributed by atoms with E-state index in [1.54, 1.807) is 0 Å². The lowest BCUT2D eigenvalue weighted by molar-refractivity contribution is -0.106. The topological polar surface area (TPSA) is 101 Å². The maximum atomic E-state index is 9.06. The van der Waals surface area contributed by atoms with Crippen LogP contribution in [-0.2, 0) is 0 Å². The summed E-state index contributed by atoms with van der Waals surface area (Å²) in [4.78, 5) is 0. The number of hydrogen-bond acceptors (Lipinski definition) is 5. The van der Waals surface area contributed by atoms with E-state index >= 15 is 0 Å². The smallest absolute Gasteiger partial charge is 0.111 e. The van der Waals surface area contributed by atoms with Crippen LogP contribution in [0.1, 0.15) is 0 Å². The van der Waals surface area contributed by atoms with Crippen LogP contribution in [0.5, 0.6) is 0 Å². The van der Waals surface area contributed by atoms with Crippen LogP contribution in [0.2, 0.25) is 0 Å². The first-order chi connectivity index (χ1) is 5.54. The van der Waals surface area contributed by atoms with Crippen LogP contribution in [0.4, 0.5) is 0 Å². The van der Waals surface area contributed by atoms with Gasteiger partial charge in [-0.15, -0.1) is 0 Å². The van der Waals surface area contributed by atoms with Crippen molar-refractivity contribution in [2.75, 3.05) is 6.61 Å². The molecule has 0 saturated heterocycles. The number of aliphatic hydroxyl groups excluding tert-OH is 5. The lowest BCUT2D eigenvalue weighted by atomic mass is 10.0. The van der Waals surface area contributed by atoms with E-state index in [4.69, 9.17) is 25.5 Å². The van der Waals surface area contributed by atoms with Gasteiger partial charge >= 0.3 is 0 Å². The Hall–Kier alpha value is 0.280. The minimum Gasteiger partial charge on any atom is -0.394 e. The van der Waals surface area contributed by atoms with Gasteiger partial charge in [-0.25, -0.2) is 0 Å². The van der Waals surface area contributed by atoms with Crippen molar-refractivity contribution in [2.24, 2.45) is 0 Å². The first-order valence-corrected chi connectivity index (χ1v) is 4.22. The number of aliphatic hydroxyl groups is 5. The average Bonchev–Trinajstić information content (AvgIpc) is 2.12. The van der Waals surface area contributed by atoms with Gasteiger partial charge in [0.25, 0.3) is 0 Å². The standard InChI is InChI=1S/C6H12BrO5/c7-1-3(9)5(11)6(12)4(10)2-8/h1,3-6,8-12H,2H2. The molecule has 0 fully saturated rings. The highest BCUT2D eigenvalue weighted by atomic mass is 79.9.